The number of methoxy groups -OCH3 is 1. The lowest BCUT2D eigenvalue weighted by molar-refractivity contribution is 0.203. The van der Waals surface area contributed by atoms with Gasteiger partial charge < -0.3 is 20.1 Å². The average Bonchev–Trinajstić information content (AvgIpc) is 2.41. The number of aliphatic hydroxyl groups excluding tert-OH is 1. The van der Waals surface area contributed by atoms with E-state index >= 15 is 0 Å². The van der Waals surface area contributed by atoms with Crippen LogP contribution in [0.4, 0.5) is 5.69 Å². The van der Waals surface area contributed by atoms with Gasteiger partial charge in [-0.25, -0.2) is 0 Å². The summed E-state index contributed by atoms with van der Waals surface area (Å²) in [7, 11) is 1.70. The smallest absolute Gasteiger partial charge is 0.0637 e. The molecule has 120 valence electrons. The van der Waals surface area contributed by atoms with Gasteiger partial charge in [0.1, 0.15) is 0 Å². The van der Waals surface area contributed by atoms with Crippen LogP contribution in [-0.4, -0.2) is 44.1 Å². The first-order chi connectivity index (χ1) is 9.87. The molecule has 1 aromatic rings. The van der Waals surface area contributed by atoms with E-state index in [1.54, 1.807) is 7.11 Å². The fourth-order valence-corrected chi connectivity index (χ4v) is 2.45. The second-order valence-electron chi connectivity index (χ2n) is 6.08. The molecule has 0 radical (unpaired) electrons. The Morgan fingerprint density at radius 2 is 2.00 bits per heavy atom. The predicted octanol–water partition coefficient (Wildman–Crippen LogP) is 2.78. The fraction of sp³-hybridized carbons (Fsp3) is 0.625. The summed E-state index contributed by atoms with van der Waals surface area (Å²) in [6.07, 6.45) is 0. The van der Waals surface area contributed by atoms with Crippen LogP contribution in [0.3, 0.4) is 0 Å². The van der Waals surface area contributed by atoms with E-state index in [2.05, 4.69) is 59.1 Å². The molecule has 0 amide bonds. The molecule has 0 unspecified atom stereocenters. The molecule has 0 spiro atoms. The van der Waals surface area contributed by atoms with Crippen LogP contribution in [0.2, 0.25) is 0 Å². The Kier molecular flexibility index (Phi) is 7.66. The Hall–Kier alpha value is -0.620. The first kappa shape index (κ1) is 18.4. The van der Waals surface area contributed by atoms with Gasteiger partial charge in [0.25, 0.3) is 0 Å². The average molecular weight is 359 g/mol. The highest BCUT2D eigenvalue weighted by Gasteiger charge is 2.14. The Morgan fingerprint density at radius 3 is 2.57 bits per heavy atom. The van der Waals surface area contributed by atoms with Crippen molar-refractivity contribution in [3.8, 4) is 0 Å². The van der Waals surface area contributed by atoms with Gasteiger partial charge in [0.15, 0.2) is 0 Å². The molecule has 2 N–H and O–H groups in total. The van der Waals surface area contributed by atoms with Crippen molar-refractivity contribution >= 4 is 21.6 Å². The van der Waals surface area contributed by atoms with Gasteiger partial charge >= 0.3 is 0 Å². The summed E-state index contributed by atoms with van der Waals surface area (Å²) in [6, 6.07) is 6.26. The van der Waals surface area contributed by atoms with E-state index in [0.717, 1.165) is 23.2 Å². The lowest BCUT2D eigenvalue weighted by Gasteiger charge is -2.28. The highest BCUT2D eigenvalue weighted by molar-refractivity contribution is 9.10. The third-order valence-corrected chi connectivity index (χ3v) is 3.62. The minimum absolute atomic E-state index is 0.0634. The lowest BCUT2D eigenvalue weighted by Crippen LogP contribution is -2.36. The van der Waals surface area contributed by atoms with Crippen molar-refractivity contribution in [2.45, 2.75) is 32.9 Å². The van der Waals surface area contributed by atoms with Crippen molar-refractivity contribution in [3.63, 3.8) is 0 Å². The number of benzene rings is 1. The number of nitrogens with zero attached hydrogens (tertiary/aromatic N) is 1. The monoisotopic (exact) mass is 358 g/mol. The molecule has 0 bridgehead atoms. The van der Waals surface area contributed by atoms with Gasteiger partial charge in [0, 0.05) is 42.4 Å². The van der Waals surface area contributed by atoms with Crippen LogP contribution in [0.1, 0.15) is 26.3 Å². The molecule has 0 heterocycles. The van der Waals surface area contributed by atoms with Crippen molar-refractivity contribution in [1.29, 1.82) is 0 Å². The summed E-state index contributed by atoms with van der Waals surface area (Å²) >= 11 is 3.54. The number of aliphatic hydroxyl groups is 1. The zero-order valence-corrected chi connectivity index (χ0v) is 15.0. The summed E-state index contributed by atoms with van der Waals surface area (Å²) in [5, 5.41) is 12.8. The summed E-state index contributed by atoms with van der Waals surface area (Å²) in [5.41, 5.74) is 2.42. The lowest BCUT2D eigenvalue weighted by atomic mass is 10.1. The molecule has 0 aliphatic carbocycles. The van der Waals surface area contributed by atoms with Crippen molar-refractivity contribution in [1.82, 2.24) is 5.32 Å². The van der Waals surface area contributed by atoms with E-state index < -0.39 is 0 Å². The maximum absolute atomic E-state index is 9.29. The quantitative estimate of drug-likeness (QED) is 0.749. The second kappa shape index (κ2) is 8.73. The van der Waals surface area contributed by atoms with Crippen LogP contribution in [-0.2, 0) is 11.3 Å². The molecular formula is C16H27BrN2O2. The summed E-state index contributed by atoms with van der Waals surface area (Å²) in [5.74, 6) is 0. The third kappa shape index (κ3) is 6.78. The van der Waals surface area contributed by atoms with Crippen LogP contribution >= 0.6 is 15.9 Å². The van der Waals surface area contributed by atoms with Gasteiger partial charge in [-0.1, -0.05) is 15.9 Å². The maximum Gasteiger partial charge on any atom is 0.0637 e. The molecule has 0 aliphatic heterocycles. The van der Waals surface area contributed by atoms with Gasteiger partial charge in [0.05, 0.1) is 13.2 Å². The van der Waals surface area contributed by atoms with Gasteiger partial charge in [0.2, 0.25) is 0 Å². The Morgan fingerprint density at radius 1 is 1.29 bits per heavy atom. The molecule has 0 atom stereocenters. The first-order valence-corrected chi connectivity index (χ1v) is 8.05. The number of ether oxygens (including phenoxy) is 1. The molecular weight excluding hydrogens is 332 g/mol. The molecule has 0 aromatic heterocycles. The standard InChI is InChI=1S/C16H27BrN2O2/c1-16(2,3)18-12-13-11-14(17)5-6-15(13)19(7-9-20)8-10-21-4/h5-6,11,18,20H,7-10,12H2,1-4H3. The van der Waals surface area contributed by atoms with Gasteiger partial charge in [-0.05, 0) is 44.5 Å². The zero-order chi connectivity index (χ0) is 15.9. The molecule has 5 heteroatoms. The summed E-state index contributed by atoms with van der Waals surface area (Å²) < 4.78 is 6.23. The minimum atomic E-state index is 0.0634. The highest BCUT2D eigenvalue weighted by Crippen LogP contribution is 2.25. The fourth-order valence-electron chi connectivity index (χ4n) is 2.04. The predicted molar refractivity (Wildman–Crippen MR) is 91.9 cm³/mol. The number of hydrogen-bond donors (Lipinski definition) is 2. The van der Waals surface area contributed by atoms with Crippen LogP contribution in [0.25, 0.3) is 0 Å². The molecule has 0 saturated carbocycles. The van der Waals surface area contributed by atoms with Crippen molar-refractivity contribution < 1.29 is 9.84 Å². The van der Waals surface area contributed by atoms with Gasteiger partial charge in [-0.15, -0.1) is 0 Å². The van der Waals surface area contributed by atoms with E-state index in [1.807, 2.05) is 6.07 Å². The van der Waals surface area contributed by atoms with E-state index in [0.29, 0.717) is 13.2 Å². The number of halogens is 1. The number of hydrogen-bond acceptors (Lipinski definition) is 4. The largest absolute Gasteiger partial charge is 0.395 e. The molecule has 1 rings (SSSR count). The number of anilines is 1. The van der Waals surface area contributed by atoms with Crippen molar-refractivity contribution in [2.75, 3.05) is 38.3 Å². The van der Waals surface area contributed by atoms with Gasteiger partial charge in [-0.3, -0.25) is 0 Å². The number of rotatable bonds is 8. The number of nitrogens with one attached hydrogen (secondary N) is 1. The second-order valence-corrected chi connectivity index (χ2v) is 7.00. The topological polar surface area (TPSA) is 44.7 Å². The van der Waals surface area contributed by atoms with Gasteiger partial charge in [-0.2, -0.15) is 0 Å². The normalized spacial score (nSPS) is 11.7. The molecule has 0 fully saturated rings. The van der Waals surface area contributed by atoms with Crippen molar-refractivity contribution in [3.05, 3.63) is 28.2 Å². The Balaban J connectivity index is 2.96. The van der Waals surface area contributed by atoms with Crippen LogP contribution < -0.4 is 10.2 Å². The molecule has 4 nitrogen and oxygen atoms in total. The van der Waals surface area contributed by atoms with E-state index in [9.17, 15) is 5.11 Å². The summed E-state index contributed by atoms with van der Waals surface area (Å²) in [4.78, 5) is 2.16. The van der Waals surface area contributed by atoms with Crippen molar-refractivity contribution in [2.24, 2.45) is 0 Å². The zero-order valence-electron chi connectivity index (χ0n) is 13.4. The summed E-state index contributed by atoms with van der Waals surface area (Å²) in [6.45, 7) is 9.39. The van der Waals surface area contributed by atoms with E-state index in [1.165, 1.54) is 5.56 Å². The molecule has 21 heavy (non-hydrogen) atoms. The molecule has 0 saturated heterocycles. The maximum atomic E-state index is 9.29. The Bertz CT molecular complexity index is 433. The first-order valence-electron chi connectivity index (χ1n) is 7.25. The molecule has 0 aliphatic rings. The third-order valence-electron chi connectivity index (χ3n) is 3.13. The SMILES string of the molecule is COCCN(CCO)c1ccc(Br)cc1CNC(C)(C)C. The van der Waals surface area contributed by atoms with E-state index in [4.69, 9.17) is 4.74 Å². The van der Waals surface area contributed by atoms with Crippen LogP contribution in [0, 0.1) is 0 Å². The van der Waals surface area contributed by atoms with Crippen LogP contribution in [0.15, 0.2) is 22.7 Å². The van der Waals surface area contributed by atoms with Crippen LogP contribution in [0.5, 0.6) is 0 Å². The molecule has 1 aromatic carbocycles. The Labute approximate surface area is 136 Å². The van der Waals surface area contributed by atoms with E-state index in [-0.39, 0.29) is 12.1 Å². The highest BCUT2D eigenvalue weighted by atomic mass is 79.9. The minimum Gasteiger partial charge on any atom is -0.395 e.